The van der Waals surface area contributed by atoms with Crippen molar-refractivity contribution in [3.05, 3.63) is 70.8 Å². The van der Waals surface area contributed by atoms with Gasteiger partial charge in [-0.1, -0.05) is 36.4 Å². The van der Waals surface area contributed by atoms with Gasteiger partial charge in [0, 0.05) is 31.8 Å². The van der Waals surface area contributed by atoms with E-state index in [1.165, 1.54) is 0 Å². The Morgan fingerprint density at radius 1 is 0.926 bits per heavy atom. The number of ether oxygens (including phenoxy) is 1. The van der Waals surface area contributed by atoms with E-state index in [4.69, 9.17) is 4.74 Å². The van der Waals surface area contributed by atoms with Gasteiger partial charge >= 0.3 is 6.03 Å². The zero-order chi connectivity index (χ0) is 19.6. The van der Waals surface area contributed by atoms with Crippen molar-refractivity contribution in [1.29, 1.82) is 0 Å². The highest BCUT2D eigenvalue weighted by Gasteiger charge is 2.07. The van der Waals surface area contributed by atoms with E-state index in [1.807, 2.05) is 50.2 Å². The molecule has 3 amide bonds. The van der Waals surface area contributed by atoms with Gasteiger partial charge in [0.1, 0.15) is 0 Å². The van der Waals surface area contributed by atoms with Crippen LogP contribution in [-0.4, -0.2) is 25.1 Å². The molecule has 6 heteroatoms. The molecule has 0 bridgehead atoms. The molecule has 0 spiro atoms. The first kappa shape index (κ1) is 20.5. The van der Waals surface area contributed by atoms with Gasteiger partial charge in [0.15, 0.2) is 0 Å². The van der Waals surface area contributed by atoms with Crippen molar-refractivity contribution in [3.8, 4) is 0 Å². The molecule has 0 aromatic heterocycles. The maximum absolute atomic E-state index is 12.3. The quantitative estimate of drug-likeness (QED) is 0.669. The number of urea groups is 1. The summed E-state index contributed by atoms with van der Waals surface area (Å²) in [7, 11) is 1.66. The number of amides is 3. The molecule has 0 heterocycles. The first-order chi connectivity index (χ1) is 13.0. The third-order valence-corrected chi connectivity index (χ3v) is 3.84. The fourth-order valence-electron chi connectivity index (χ4n) is 2.55. The Labute approximate surface area is 160 Å². The van der Waals surface area contributed by atoms with Crippen LogP contribution in [0.2, 0.25) is 0 Å². The topological polar surface area (TPSA) is 79.5 Å². The molecule has 0 saturated heterocycles. The Kier molecular flexibility index (Phi) is 7.82. The second-order valence-corrected chi connectivity index (χ2v) is 6.61. The van der Waals surface area contributed by atoms with Gasteiger partial charge in [-0.05, 0) is 42.7 Å². The highest BCUT2D eigenvalue weighted by atomic mass is 16.5. The highest BCUT2D eigenvalue weighted by Crippen LogP contribution is 2.08. The summed E-state index contributed by atoms with van der Waals surface area (Å²) in [6.45, 7) is 5.22. The van der Waals surface area contributed by atoms with Crippen molar-refractivity contribution in [1.82, 2.24) is 16.0 Å². The van der Waals surface area contributed by atoms with Crippen LogP contribution in [0.25, 0.3) is 0 Å². The van der Waals surface area contributed by atoms with E-state index < -0.39 is 0 Å². The second kappa shape index (κ2) is 10.3. The molecular weight excluding hydrogens is 342 g/mol. The summed E-state index contributed by atoms with van der Waals surface area (Å²) >= 11 is 0. The molecule has 0 radical (unpaired) electrons. The lowest BCUT2D eigenvalue weighted by molar-refractivity contribution is 0.0951. The standard InChI is InChI=1S/C21H27N3O3/c1-15(2)24-21(26)23-12-16-7-9-19(10-8-16)20(25)22-13-17-5-4-6-18(11-17)14-27-3/h4-11,15H,12-14H2,1-3H3,(H,22,25)(H2,23,24,26). The summed E-state index contributed by atoms with van der Waals surface area (Å²) in [5.74, 6) is -0.135. The molecule has 0 aliphatic rings. The van der Waals surface area contributed by atoms with E-state index in [0.29, 0.717) is 25.3 Å². The number of benzene rings is 2. The van der Waals surface area contributed by atoms with E-state index in [1.54, 1.807) is 19.2 Å². The molecule has 2 rings (SSSR count). The van der Waals surface area contributed by atoms with Crippen molar-refractivity contribution in [3.63, 3.8) is 0 Å². The average Bonchev–Trinajstić information content (AvgIpc) is 2.65. The second-order valence-electron chi connectivity index (χ2n) is 6.61. The number of rotatable bonds is 8. The smallest absolute Gasteiger partial charge is 0.315 e. The molecule has 0 aliphatic heterocycles. The van der Waals surface area contributed by atoms with Gasteiger partial charge in [0.25, 0.3) is 5.91 Å². The van der Waals surface area contributed by atoms with Crippen molar-refractivity contribution in [2.24, 2.45) is 0 Å². The van der Waals surface area contributed by atoms with Crippen LogP contribution < -0.4 is 16.0 Å². The van der Waals surface area contributed by atoms with Crippen LogP contribution in [0.3, 0.4) is 0 Å². The summed E-state index contributed by atoms with van der Waals surface area (Å²) < 4.78 is 5.12. The molecule has 144 valence electrons. The van der Waals surface area contributed by atoms with Gasteiger partial charge in [-0.3, -0.25) is 4.79 Å². The average molecular weight is 369 g/mol. The minimum Gasteiger partial charge on any atom is -0.380 e. The Balaban J connectivity index is 1.84. The molecule has 0 aliphatic carbocycles. The molecule has 0 fully saturated rings. The zero-order valence-corrected chi connectivity index (χ0v) is 16.0. The zero-order valence-electron chi connectivity index (χ0n) is 16.0. The van der Waals surface area contributed by atoms with Crippen molar-refractivity contribution >= 4 is 11.9 Å². The van der Waals surface area contributed by atoms with Crippen LogP contribution in [-0.2, 0) is 24.4 Å². The van der Waals surface area contributed by atoms with Gasteiger partial charge in [0.05, 0.1) is 6.61 Å². The Hall–Kier alpha value is -2.86. The number of hydrogen-bond acceptors (Lipinski definition) is 3. The molecule has 0 saturated carbocycles. The molecule has 6 nitrogen and oxygen atoms in total. The predicted octanol–water partition coefficient (Wildman–Crippen LogP) is 2.97. The fourth-order valence-corrected chi connectivity index (χ4v) is 2.55. The van der Waals surface area contributed by atoms with Gasteiger partial charge in [-0.2, -0.15) is 0 Å². The van der Waals surface area contributed by atoms with Crippen LogP contribution in [0.15, 0.2) is 48.5 Å². The molecule has 2 aromatic rings. The first-order valence-electron chi connectivity index (χ1n) is 8.96. The third kappa shape index (κ3) is 7.11. The van der Waals surface area contributed by atoms with Gasteiger partial charge in [0.2, 0.25) is 0 Å². The van der Waals surface area contributed by atoms with Crippen molar-refractivity contribution < 1.29 is 14.3 Å². The molecular formula is C21H27N3O3. The molecule has 2 aromatic carbocycles. The number of carbonyl (C=O) groups excluding carboxylic acids is 2. The molecule has 0 atom stereocenters. The lowest BCUT2D eigenvalue weighted by Gasteiger charge is -2.10. The van der Waals surface area contributed by atoms with E-state index in [2.05, 4.69) is 16.0 Å². The minimum atomic E-state index is -0.206. The number of methoxy groups -OCH3 is 1. The highest BCUT2D eigenvalue weighted by molar-refractivity contribution is 5.94. The summed E-state index contributed by atoms with van der Waals surface area (Å²) in [4.78, 5) is 23.9. The maximum Gasteiger partial charge on any atom is 0.315 e. The van der Waals surface area contributed by atoms with Crippen LogP contribution in [0.5, 0.6) is 0 Å². The summed E-state index contributed by atoms with van der Waals surface area (Å²) in [5, 5.41) is 8.46. The predicted molar refractivity (Wildman–Crippen MR) is 105 cm³/mol. The first-order valence-corrected chi connectivity index (χ1v) is 8.96. The van der Waals surface area contributed by atoms with E-state index in [-0.39, 0.29) is 18.0 Å². The monoisotopic (exact) mass is 369 g/mol. The third-order valence-electron chi connectivity index (χ3n) is 3.84. The van der Waals surface area contributed by atoms with E-state index in [9.17, 15) is 9.59 Å². The Morgan fingerprint density at radius 3 is 2.26 bits per heavy atom. The normalized spacial score (nSPS) is 10.5. The van der Waals surface area contributed by atoms with Gasteiger partial charge < -0.3 is 20.7 Å². The largest absolute Gasteiger partial charge is 0.380 e. The number of nitrogens with one attached hydrogen (secondary N) is 3. The summed E-state index contributed by atoms with van der Waals surface area (Å²) in [6, 6.07) is 15.0. The SMILES string of the molecule is COCc1cccc(CNC(=O)c2ccc(CNC(=O)NC(C)C)cc2)c1. The summed E-state index contributed by atoms with van der Waals surface area (Å²) in [5.41, 5.74) is 3.61. The van der Waals surface area contributed by atoms with Crippen molar-refractivity contribution in [2.45, 2.75) is 39.6 Å². The van der Waals surface area contributed by atoms with Crippen LogP contribution in [0, 0.1) is 0 Å². The molecule has 3 N–H and O–H groups in total. The maximum atomic E-state index is 12.3. The lowest BCUT2D eigenvalue weighted by Crippen LogP contribution is -2.39. The van der Waals surface area contributed by atoms with E-state index in [0.717, 1.165) is 16.7 Å². The van der Waals surface area contributed by atoms with E-state index >= 15 is 0 Å². The van der Waals surface area contributed by atoms with Crippen LogP contribution >= 0.6 is 0 Å². The van der Waals surface area contributed by atoms with Crippen LogP contribution in [0.4, 0.5) is 4.79 Å². The lowest BCUT2D eigenvalue weighted by atomic mass is 10.1. The van der Waals surface area contributed by atoms with Gasteiger partial charge in [-0.25, -0.2) is 4.79 Å². The molecule has 0 unspecified atom stereocenters. The molecule has 27 heavy (non-hydrogen) atoms. The van der Waals surface area contributed by atoms with Crippen LogP contribution in [0.1, 0.15) is 40.9 Å². The number of carbonyl (C=O) groups is 2. The number of hydrogen-bond donors (Lipinski definition) is 3. The minimum absolute atomic E-state index is 0.0891. The Morgan fingerprint density at radius 2 is 1.59 bits per heavy atom. The van der Waals surface area contributed by atoms with Crippen molar-refractivity contribution in [2.75, 3.05) is 7.11 Å². The fraction of sp³-hybridized carbons (Fsp3) is 0.333. The van der Waals surface area contributed by atoms with Gasteiger partial charge in [-0.15, -0.1) is 0 Å². The Bertz CT molecular complexity index is 758. The summed E-state index contributed by atoms with van der Waals surface area (Å²) in [6.07, 6.45) is 0.